The van der Waals surface area contributed by atoms with Crippen molar-refractivity contribution in [3.8, 4) is 5.75 Å². The van der Waals surface area contributed by atoms with Crippen LogP contribution in [0.2, 0.25) is 0 Å². The summed E-state index contributed by atoms with van der Waals surface area (Å²) in [6, 6.07) is 6.43. The summed E-state index contributed by atoms with van der Waals surface area (Å²) in [6.07, 6.45) is 1.22. The largest absolute Gasteiger partial charge is 0.495 e. The average Bonchev–Trinajstić information content (AvgIpc) is 2.98. The molecule has 17 heavy (non-hydrogen) atoms. The Morgan fingerprint density at radius 3 is 2.94 bits per heavy atom. The highest BCUT2D eigenvalue weighted by atomic mass is 16.5. The number of fused-ring (bicyclic) bond motifs is 1. The van der Waals surface area contributed by atoms with Gasteiger partial charge in [-0.2, -0.15) is 0 Å². The number of hydrogen-bond donors (Lipinski definition) is 2. The highest BCUT2D eigenvalue weighted by molar-refractivity contribution is 5.89. The fourth-order valence-corrected chi connectivity index (χ4v) is 2.66. The molecular formula is C14H18N2O. The first kappa shape index (κ1) is 10.7. The highest BCUT2D eigenvalue weighted by Gasteiger charge is 2.19. The van der Waals surface area contributed by atoms with Crippen LogP contribution >= 0.6 is 0 Å². The third-order valence-electron chi connectivity index (χ3n) is 3.71. The number of aromatic amines is 1. The van der Waals surface area contributed by atoms with Crippen molar-refractivity contribution in [2.75, 3.05) is 20.2 Å². The Hall–Kier alpha value is -1.48. The van der Waals surface area contributed by atoms with Gasteiger partial charge in [-0.3, -0.25) is 0 Å². The summed E-state index contributed by atoms with van der Waals surface area (Å²) in [6.45, 7) is 4.34. The van der Waals surface area contributed by atoms with E-state index in [1.54, 1.807) is 7.11 Å². The molecule has 1 fully saturated rings. The maximum Gasteiger partial charge on any atom is 0.142 e. The fourth-order valence-electron chi connectivity index (χ4n) is 2.66. The van der Waals surface area contributed by atoms with E-state index in [4.69, 9.17) is 4.74 Å². The summed E-state index contributed by atoms with van der Waals surface area (Å²) in [5, 5.41) is 4.69. The van der Waals surface area contributed by atoms with Gasteiger partial charge < -0.3 is 15.0 Å². The number of aryl methyl sites for hydroxylation is 1. The second kappa shape index (κ2) is 4.08. The average molecular weight is 230 g/mol. The maximum atomic E-state index is 5.41. The van der Waals surface area contributed by atoms with Crippen LogP contribution in [0.1, 0.15) is 23.6 Å². The van der Waals surface area contributed by atoms with Crippen LogP contribution in [-0.2, 0) is 0 Å². The van der Waals surface area contributed by atoms with Gasteiger partial charge in [0.2, 0.25) is 0 Å². The number of rotatable bonds is 2. The van der Waals surface area contributed by atoms with Gasteiger partial charge in [-0.05, 0) is 37.6 Å². The van der Waals surface area contributed by atoms with Crippen LogP contribution in [0.15, 0.2) is 18.2 Å². The topological polar surface area (TPSA) is 37.0 Å². The van der Waals surface area contributed by atoms with Gasteiger partial charge in [0, 0.05) is 23.5 Å². The molecule has 2 aromatic rings. The summed E-state index contributed by atoms with van der Waals surface area (Å²) in [5.41, 5.74) is 3.77. The monoisotopic (exact) mass is 230 g/mol. The van der Waals surface area contributed by atoms with E-state index < -0.39 is 0 Å². The summed E-state index contributed by atoms with van der Waals surface area (Å²) in [7, 11) is 1.72. The number of aromatic nitrogens is 1. The molecule has 2 N–H and O–H groups in total. The molecular weight excluding hydrogens is 212 g/mol. The molecule has 1 atom stereocenters. The summed E-state index contributed by atoms with van der Waals surface area (Å²) in [5.74, 6) is 1.55. The predicted octanol–water partition coefficient (Wildman–Crippen LogP) is 2.56. The third-order valence-corrected chi connectivity index (χ3v) is 3.71. The van der Waals surface area contributed by atoms with Crippen molar-refractivity contribution < 1.29 is 4.74 Å². The Balaban J connectivity index is 2.13. The molecule has 3 nitrogen and oxygen atoms in total. The van der Waals surface area contributed by atoms with E-state index in [1.165, 1.54) is 23.1 Å². The maximum absolute atomic E-state index is 5.41. The number of nitrogens with one attached hydrogen (secondary N) is 2. The van der Waals surface area contributed by atoms with Crippen LogP contribution in [0.25, 0.3) is 10.9 Å². The Kier molecular flexibility index (Phi) is 2.56. The van der Waals surface area contributed by atoms with Crippen LogP contribution in [0.3, 0.4) is 0 Å². The van der Waals surface area contributed by atoms with Crippen LogP contribution in [-0.4, -0.2) is 25.2 Å². The lowest BCUT2D eigenvalue weighted by molar-refractivity contribution is 0.419. The first-order chi connectivity index (χ1) is 8.29. The lowest BCUT2D eigenvalue weighted by Crippen LogP contribution is -2.07. The first-order valence-corrected chi connectivity index (χ1v) is 6.16. The van der Waals surface area contributed by atoms with E-state index in [1.807, 2.05) is 6.07 Å². The predicted molar refractivity (Wildman–Crippen MR) is 69.8 cm³/mol. The van der Waals surface area contributed by atoms with Crippen molar-refractivity contribution in [2.24, 2.45) is 0 Å². The molecule has 1 unspecified atom stereocenters. The highest BCUT2D eigenvalue weighted by Crippen LogP contribution is 2.32. The van der Waals surface area contributed by atoms with Crippen molar-refractivity contribution in [3.63, 3.8) is 0 Å². The molecule has 2 heterocycles. The zero-order valence-electron chi connectivity index (χ0n) is 10.3. The molecule has 1 aromatic carbocycles. The van der Waals surface area contributed by atoms with E-state index in [0.717, 1.165) is 24.4 Å². The van der Waals surface area contributed by atoms with Gasteiger partial charge in [0.1, 0.15) is 5.75 Å². The van der Waals surface area contributed by atoms with Gasteiger partial charge in [-0.1, -0.05) is 6.07 Å². The van der Waals surface area contributed by atoms with Crippen molar-refractivity contribution in [3.05, 3.63) is 29.5 Å². The molecule has 0 aliphatic carbocycles. The fraction of sp³-hybridized carbons (Fsp3) is 0.429. The second-order valence-electron chi connectivity index (χ2n) is 4.79. The summed E-state index contributed by atoms with van der Waals surface area (Å²) < 4.78 is 5.41. The summed E-state index contributed by atoms with van der Waals surface area (Å²) in [4.78, 5) is 3.53. The van der Waals surface area contributed by atoms with E-state index >= 15 is 0 Å². The molecule has 0 spiro atoms. The molecule has 1 aliphatic rings. The normalized spacial score (nSPS) is 20.0. The van der Waals surface area contributed by atoms with Crippen molar-refractivity contribution >= 4 is 10.9 Å². The van der Waals surface area contributed by atoms with Crippen molar-refractivity contribution in [2.45, 2.75) is 19.3 Å². The smallest absolute Gasteiger partial charge is 0.142 e. The molecule has 0 bridgehead atoms. The van der Waals surface area contributed by atoms with Gasteiger partial charge in [0.15, 0.2) is 0 Å². The van der Waals surface area contributed by atoms with Crippen LogP contribution in [0.4, 0.5) is 0 Å². The van der Waals surface area contributed by atoms with Gasteiger partial charge in [-0.25, -0.2) is 0 Å². The Morgan fingerprint density at radius 2 is 2.24 bits per heavy atom. The van der Waals surface area contributed by atoms with Gasteiger partial charge in [-0.15, -0.1) is 0 Å². The molecule has 90 valence electrons. The second-order valence-corrected chi connectivity index (χ2v) is 4.79. The molecule has 0 radical (unpaired) electrons. The lowest BCUT2D eigenvalue weighted by Gasteiger charge is -2.04. The van der Waals surface area contributed by atoms with E-state index in [0.29, 0.717) is 5.92 Å². The number of benzene rings is 1. The number of ether oxygens (including phenoxy) is 1. The SMILES string of the molecule is COc1ccc(C)c2cc(C3CCNC3)[nH]c12. The van der Waals surface area contributed by atoms with Crippen LogP contribution in [0.5, 0.6) is 5.75 Å². The number of methoxy groups -OCH3 is 1. The Morgan fingerprint density at radius 1 is 1.35 bits per heavy atom. The minimum Gasteiger partial charge on any atom is -0.495 e. The molecule has 0 saturated carbocycles. The number of hydrogen-bond acceptors (Lipinski definition) is 2. The van der Waals surface area contributed by atoms with E-state index in [2.05, 4.69) is 29.4 Å². The first-order valence-electron chi connectivity index (χ1n) is 6.16. The van der Waals surface area contributed by atoms with Crippen LogP contribution < -0.4 is 10.1 Å². The molecule has 3 rings (SSSR count). The molecule has 0 amide bonds. The quantitative estimate of drug-likeness (QED) is 0.832. The zero-order valence-corrected chi connectivity index (χ0v) is 10.3. The van der Waals surface area contributed by atoms with Crippen molar-refractivity contribution in [1.29, 1.82) is 0 Å². The number of H-pyrrole nitrogens is 1. The van der Waals surface area contributed by atoms with E-state index in [-0.39, 0.29) is 0 Å². The zero-order chi connectivity index (χ0) is 11.8. The molecule has 1 aliphatic heterocycles. The van der Waals surface area contributed by atoms with E-state index in [9.17, 15) is 0 Å². The van der Waals surface area contributed by atoms with Crippen LogP contribution in [0, 0.1) is 6.92 Å². The molecule has 1 aromatic heterocycles. The minimum absolute atomic E-state index is 0.617. The standard InChI is InChI=1S/C14H18N2O/c1-9-3-4-13(17-2)14-11(9)7-12(16-14)10-5-6-15-8-10/h3-4,7,10,15-16H,5-6,8H2,1-2H3. The molecule has 3 heteroatoms. The summed E-state index contributed by atoms with van der Waals surface area (Å²) >= 11 is 0. The van der Waals surface area contributed by atoms with Gasteiger partial charge in [0.25, 0.3) is 0 Å². The van der Waals surface area contributed by atoms with Gasteiger partial charge >= 0.3 is 0 Å². The lowest BCUT2D eigenvalue weighted by atomic mass is 10.0. The third kappa shape index (κ3) is 1.71. The van der Waals surface area contributed by atoms with Crippen molar-refractivity contribution in [1.82, 2.24) is 10.3 Å². The molecule has 1 saturated heterocycles. The van der Waals surface area contributed by atoms with Gasteiger partial charge in [0.05, 0.1) is 12.6 Å². The minimum atomic E-state index is 0.617. The Labute approximate surface area is 101 Å². The Bertz CT molecular complexity index is 538.